The molecule has 0 aliphatic heterocycles. The van der Waals surface area contributed by atoms with Gasteiger partial charge < -0.3 is 8.98 Å². The summed E-state index contributed by atoms with van der Waals surface area (Å²) in [7, 11) is 0. The van der Waals surface area contributed by atoms with Crippen LogP contribution in [0, 0.1) is 0 Å². The SMILES string of the molecule is c1ccc(-c2ccc(-c3nc(-c4ccccc4)nc(-n4c5ccccc5c5ccc6c7ccccc7n(-c7ccc8c(c7)oc7cccc(-c9ccccc9)c78)c6c54)n3)cc2)cc1. The van der Waals surface area contributed by atoms with Gasteiger partial charge in [0.15, 0.2) is 11.6 Å². The Hall–Kier alpha value is -8.61. The van der Waals surface area contributed by atoms with Crippen molar-refractivity contribution in [3.8, 4) is 56.7 Å². The second-order valence-corrected chi connectivity index (χ2v) is 16.0. The van der Waals surface area contributed by atoms with Crippen molar-refractivity contribution < 1.29 is 4.42 Å². The molecule has 0 saturated heterocycles. The molecule has 0 bridgehead atoms. The number of benzene rings is 9. The molecular weight excluding hydrogens is 771 g/mol. The third-order valence-corrected chi connectivity index (χ3v) is 12.4. The Morgan fingerprint density at radius 1 is 0.333 bits per heavy atom. The van der Waals surface area contributed by atoms with E-state index in [2.05, 4.69) is 197 Å². The molecule has 4 heterocycles. The summed E-state index contributed by atoms with van der Waals surface area (Å²) in [6, 6.07) is 74.3. The van der Waals surface area contributed by atoms with E-state index in [0.29, 0.717) is 17.6 Å². The Balaban J connectivity index is 1.09. The first-order valence-electron chi connectivity index (χ1n) is 21.2. The first-order valence-corrected chi connectivity index (χ1v) is 21.2. The number of hydrogen-bond donors (Lipinski definition) is 0. The van der Waals surface area contributed by atoms with Crippen LogP contribution in [0.1, 0.15) is 0 Å². The molecule has 6 heteroatoms. The van der Waals surface area contributed by atoms with Crippen LogP contribution in [-0.4, -0.2) is 24.1 Å². The third-order valence-electron chi connectivity index (χ3n) is 12.4. The Bertz CT molecular complexity index is 3890. The smallest absolute Gasteiger partial charge is 0.238 e. The normalized spacial score (nSPS) is 11.8. The number of furan rings is 1. The summed E-state index contributed by atoms with van der Waals surface area (Å²) in [5.74, 6) is 1.75. The van der Waals surface area contributed by atoms with Crippen LogP contribution >= 0.6 is 0 Å². The van der Waals surface area contributed by atoms with Crippen molar-refractivity contribution in [2.45, 2.75) is 0 Å². The van der Waals surface area contributed by atoms with Gasteiger partial charge in [-0.15, -0.1) is 0 Å². The van der Waals surface area contributed by atoms with Gasteiger partial charge in [-0.25, -0.2) is 4.98 Å². The molecule has 9 aromatic carbocycles. The predicted molar refractivity (Wildman–Crippen MR) is 258 cm³/mol. The van der Waals surface area contributed by atoms with Gasteiger partial charge in [-0.3, -0.25) is 4.57 Å². The van der Waals surface area contributed by atoms with E-state index >= 15 is 0 Å². The number of aromatic nitrogens is 5. The Kier molecular flexibility index (Phi) is 7.80. The number of fused-ring (bicyclic) bond motifs is 10. The molecule has 0 radical (unpaired) electrons. The molecule has 0 spiro atoms. The molecule has 0 amide bonds. The predicted octanol–water partition coefficient (Wildman–Crippen LogP) is 14.6. The van der Waals surface area contributed by atoms with Crippen molar-refractivity contribution in [1.82, 2.24) is 24.1 Å². The summed E-state index contributed by atoms with van der Waals surface area (Å²) in [5.41, 5.74) is 13.3. The highest BCUT2D eigenvalue weighted by atomic mass is 16.3. The fourth-order valence-corrected chi connectivity index (χ4v) is 9.54. The van der Waals surface area contributed by atoms with Crippen LogP contribution in [0.5, 0.6) is 0 Å². The molecule has 0 fully saturated rings. The molecular formula is C57H35N5O. The summed E-state index contributed by atoms with van der Waals surface area (Å²) >= 11 is 0. The van der Waals surface area contributed by atoms with Crippen molar-refractivity contribution in [2.75, 3.05) is 0 Å². The average molecular weight is 806 g/mol. The molecule has 13 aromatic rings. The summed E-state index contributed by atoms with van der Waals surface area (Å²) in [4.78, 5) is 15.8. The highest BCUT2D eigenvalue weighted by molar-refractivity contribution is 6.24. The van der Waals surface area contributed by atoms with Crippen LogP contribution in [0.4, 0.5) is 0 Å². The zero-order valence-corrected chi connectivity index (χ0v) is 33.9. The molecule has 0 unspecified atom stereocenters. The molecule has 4 aromatic heterocycles. The minimum absolute atomic E-state index is 0.544. The zero-order chi connectivity index (χ0) is 41.4. The monoisotopic (exact) mass is 805 g/mol. The van der Waals surface area contributed by atoms with E-state index in [-0.39, 0.29) is 0 Å². The van der Waals surface area contributed by atoms with Crippen molar-refractivity contribution in [3.05, 3.63) is 212 Å². The van der Waals surface area contributed by atoms with Crippen molar-refractivity contribution in [3.63, 3.8) is 0 Å². The Morgan fingerprint density at radius 3 is 1.51 bits per heavy atom. The van der Waals surface area contributed by atoms with Gasteiger partial charge >= 0.3 is 0 Å². The van der Waals surface area contributed by atoms with Gasteiger partial charge in [0, 0.05) is 49.5 Å². The largest absolute Gasteiger partial charge is 0.456 e. The van der Waals surface area contributed by atoms with Crippen LogP contribution in [0.2, 0.25) is 0 Å². The highest BCUT2D eigenvalue weighted by Gasteiger charge is 2.24. The van der Waals surface area contributed by atoms with Gasteiger partial charge in [-0.2, -0.15) is 9.97 Å². The summed E-state index contributed by atoms with van der Waals surface area (Å²) in [6.07, 6.45) is 0. The van der Waals surface area contributed by atoms with Crippen molar-refractivity contribution >= 4 is 65.6 Å². The number of nitrogens with zero attached hydrogens (tertiary/aromatic N) is 5. The molecule has 0 N–H and O–H groups in total. The fraction of sp³-hybridized carbons (Fsp3) is 0. The van der Waals surface area contributed by atoms with Gasteiger partial charge in [-0.05, 0) is 52.6 Å². The van der Waals surface area contributed by atoms with E-state index in [4.69, 9.17) is 19.4 Å². The summed E-state index contributed by atoms with van der Waals surface area (Å²) in [6.45, 7) is 0. The molecule has 13 rings (SSSR count). The van der Waals surface area contributed by atoms with E-state index in [0.717, 1.165) is 105 Å². The van der Waals surface area contributed by atoms with E-state index in [1.54, 1.807) is 0 Å². The molecule has 0 atom stereocenters. The van der Waals surface area contributed by atoms with Crippen LogP contribution in [0.15, 0.2) is 217 Å². The van der Waals surface area contributed by atoms with Gasteiger partial charge in [0.05, 0.1) is 27.8 Å². The van der Waals surface area contributed by atoms with Gasteiger partial charge in [0.2, 0.25) is 5.95 Å². The maximum Gasteiger partial charge on any atom is 0.238 e. The van der Waals surface area contributed by atoms with Gasteiger partial charge in [-0.1, -0.05) is 176 Å². The number of rotatable bonds is 6. The molecule has 0 aliphatic carbocycles. The standard InChI is InChI=1S/C57H35N5O/c1-4-15-36(16-5-1)37-27-29-40(30-28-37)56-58-55(39-19-8-3-9-20-39)59-57(60-56)62-49-25-13-11-22-44(49)46-34-33-45-43-21-10-12-24-48(43)61(53(45)54(46)62)41-31-32-47-51(35-41)63-50-26-14-23-42(52(47)50)38-17-6-2-7-18-38/h1-35H. The lowest BCUT2D eigenvalue weighted by molar-refractivity contribution is 0.668. The van der Waals surface area contributed by atoms with Crippen LogP contribution in [0.25, 0.3) is 122 Å². The molecule has 6 nitrogen and oxygen atoms in total. The van der Waals surface area contributed by atoms with Gasteiger partial charge in [0.1, 0.15) is 11.2 Å². The second kappa shape index (κ2) is 14.0. The quantitative estimate of drug-likeness (QED) is 0.168. The third kappa shape index (κ3) is 5.55. The summed E-state index contributed by atoms with van der Waals surface area (Å²) < 4.78 is 11.3. The average Bonchev–Trinajstić information content (AvgIpc) is 4.02. The lowest BCUT2D eigenvalue weighted by atomic mass is 9.99. The molecule has 294 valence electrons. The molecule has 0 aliphatic rings. The van der Waals surface area contributed by atoms with E-state index in [9.17, 15) is 0 Å². The minimum atomic E-state index is 0.544. The molecule has 0 saturated carbocycles. The van der Waals surface area contributed by atoms with Crippen LogP contribution in [0.3, 0.4) is 0 Å². The van der Waals surface area contributed by atoms with Crippen molar-refractivity contribution in [1.29, 1.82) is 0 Å². The lowest BCUT2D eigenvalue weighted by Crippen LogP contribution is -2.07. The number of hydrogen-bond acceptors (Lipinski definition) is 4. The van der Waals surface area contributed by atoms with E-state index in [1.165, 1.54) is 0 Å². The van der Waals surface area contributed by atoms with Crippen LogP contribution in [-0.2, 0) is 0 Å². The second-order valence-electron chi connectivity index (χ2n) is 16.0. The Labute approximate surface area is 361 Å². The maximum absolute atomic E-state index is 6.70. The molecule has 63 heavy (non-hydrogen) atoms. The minimum Gasteiger partial charge on any atom is -0.456 e. The fourth-order valence-electron chi connectivity index (χ4n) is 9.54. The van der Waals surface area contributed by atoms with E-state index in [1.807, 2.05) is 24.3 Å². The first kappa shape index (κ1) is 35.2. The maximum atomic E-state index is 6.70. The van der Waals surface area contributed by atoms with Gasteiger partial charge in [0.25, 0.3) is 0 Å². The van der Waals surface area contributed by atoms with E-state index < -0.39 is 0 Å². The first-order chi connectivity index (χ1) is 31.2. The Morgan fingerprint density at radius 2 is 0.841 bits per heavy atom. The topological polar surface area (TPSA) is 61.7 Å². The number of para-hydroxylation sites is 2. The zero-order valence-electron chi connectivity index (χ0n) is 33.9. The lowest BCUT2D eigenvalue weighted by Gasteiger charge is -2.13. The van der Waals surface area contributed by atoms with Crippen LogP contribution < -0.4 is 0 Å². The van der Waals surface area contributed by atoms with Crippen molar-refractivity contribution in [2.24, 2.45) is 0 Å². The highest BCUT2D eigenvalue weighted by Crippen LogP contribution is 2.43. The summed E-state index contributed by atoms with van der Waals surface area (Å²) in [5, 5.41) is 6.70.